The van der Waals surface area contributed by atoms with Crippen LogP contribution in [0.25, 0.3) is 0 Å². The molecule has 9 heteroatoms. The maximum atomic E-state index is 12.7. The van der Waals surface area contributed by atoms with E-state index >= 15 is 0 Å². The van der Waals surface area contributed by atoms with E-state index in [4.69, 9.17) is 14.2 Å². The van der Waals surface area contributed by atoms with Gasteiger partial charge in [-0.3, -0.25) is 9.52 Å². The molecule has 0 bridgehead atoms. The van der Waals surface area contributed by atoms with Gasteiger partial charge in [-0.25, -0.2) is 8.42 Å². The van der Waals surface area contributed by atoms with Crippen molar-refractivity contribution in [3.63, 3.8) is 0 Å². The highest BCUT2D eigenvalue weighted by atomic mass is 32.2. The predicted molar refractivity (Wildman–Crippen MR) is 120 cm³/mol. The molecule has 3 aromatic carbocycles. The van der Waals surface area contributed by atoms with E-state index in [1.165, 1.54) is 7.11 Å². The Morgan fingerprint density at radius 2 is 1.59 bits per heavy atom. The number of fused-ring (bicyclic) bond motifs is 1. The highest BCUT2D eigenvalue weighted by Gasteiger charge is 2.21. The Hall–Kier alpha value is -3.72. The van der Waals surface area contributed by atoms with Crippen LogP contribution in [-0.4, -0.2) is 34.6 Å². The maximum absolute atomic E-state index is 12.7. The number of anilines is 2. The van der Waals surface area contributed by atoms with E-state index in [0.29, 0.717) is 47.4 Å². The van der Waals surface area contributed by atoms with Crippen molar-refractivity contribution in [1.82, 2.24) is 0 Å². The maximum Gasteiger partial charge on any atom is 0.261 e. The van der Waals surface area contributed by atoms with Gasteiger partial charge in [-0.15, -0.1) is 0 Å². The monoisotopic (exact) mass is 454 g/mol. The van der Waals surface area contributed by atoms with Gasteiger partial charge < -0.3 is 19.5 Å². The Morgan fingerprint density at radius 1 is 0.938 bits per heavy atom. The summed E-state index contributed by atoms with van der Waals surface area (Å²) in [7, 11) is -2.21. The van der Waals surface area contributed by atoms with Crippen molar-refractivity contribution in [1.29, 1.82) is 0 Å². The number of carbonyl (C=O) groups is 1. The van der Waals surface area contributed by atoms with Crippen LogP contribution in [0.1, 0.15) is 15.9 Å². The molecule has 32 heavy (non-hydrogen) atoms. The van der Waals surface area contributed by atoms with Gasteiger partial charge in [0.25, 0.3) is 15.9 Å². The molecule has 0 unspecified atom stereocenters. The molecule has 166 valence electrons. The number of rotatable bonds is 6. The van der Waals surface area contributed by atoms with Gasteiger partial charge in [0.2, 0.25) is 5.75 Å². The first-order chi connectivity index (χ1) is 15.4. The molecular formula is C23H22N2O6S. The lowest BCUT2D eigenvalue weighted by molar-refractivity contribution is 0.102. The van der Waals surface area contributed by atoms with Crippen molar-refractivity contribution in [2.75, 3.05) is 30.4 Å². The topological polar surface area (TPSA) is 103 Å². The molecule has 1 aliphatic rings. The molecule has 0 saturated heterocycles. The van der Waals surface area contributed by atoms with Gasteiger partial charge in [0.15, 0.2) is 11.5 Å². The van der Waals surface area contributed by atoms with Gasteiger partial charge >= 0.3 is 0 Å². The van der Waals surface area contributed by atoms with Gasteiger partial charge in [-0.1, -0.05) is 17.7 Å². The van der Waals surface area contributed by atoms with Crippen LogP contribution in [-0.2, 0) is 10.0 Å². The molecule has 1 amide bonds. The minimum atomic E-state index is -3.70. The number of nitrogens with one attached hydrogen (secondary N) is 2. The molecule has 0 aliphatic carbocycles. The molecule has 0 saturated carbocycles. The largest absolute Gasteiger partial charge is 0.493 e. The van der Waals surface area contributed by atoms with Crippen molar-refractivity contribution in [3.8, 4) is 17.2 Å². The summed E-state index contributed by atoms with van der Waals surface area (Å²) in [6.07, 6.45) is 0. The first-order valence-electron chi connectivity index (χ1n) is 9.84. The number of sulfonamides is 1. The molecule has 8 nitrogen and oxygen atoms in total. The summed E-state index contributed by atoms with van der Waals surface area (Å²) in [4.78, 5) is 12.9. The van der Waals surface area contributed by atoms with E-state index in [-0.39, 0.29) is 10.8 Å². The van der Waals surface area contributed by atoms with Crippen molar-refractivity contribution in [3.05, 3.63) is 71.8 Å². The normalized spacial score (nSPS) is 12.7. The standard InChI is InChI=1S/C23H22N2O6S/c1-15-3-9-19(10-4-15)32(27,28)25-18-7-5-17(6-8-18)24-23(26)16-13-20(29-2)22-21(14-16)30-11-12-31-22/h3-10,13-14,25H,11-12H2,1-2H3,(H,24,26). The Balaban J connectivity index is 1.47. The van der Waals surface area contributed by atoms with Crippen LogP contribution in [0.2, 0.25) is 0 Å². The van der Waals surface area contributed by atoms with Crippen LogP contribution in [0.5, 0.6) is 17.2 Å². The number of ether oxygens (including phenoxy) is 3. The molecule has 4 rings (SSSR count). The summed E-state index contributed by atoms with van der Waals surface area (Å²) in [6.45, 7) is 2.69. The Morgan fingerprint density at radius 3 is 2.28 bits per heavy atom. The molecule has 1 aliphatic heterocycles. The molecule has 0 atom stereocenters. The minimum Gasteiger partial charge on any atom is -0.493 e. The van der Waals surface area contributed by atoms with E-state index in [2.05, 4.69) is 10.0 Å². The van der Waals surface area contributed by atoms with Gasteiger partial charge in [0.1, 0.15) is 13.2 Å². The molecule has 0 aromatic heterocycles. The minimum absolute atomic E-state index is 0.174. The Bertz CT molecular complexity index is 1220. The second-order valence-corrected chi connectivity index (χ2v) is 8.84. The Kier molecular flexibility index (Phi) is 5.91. The van der Waals surface area contributed by atoms with E-state index in [1.54, 1.807) is 60.7 Å². The second-order valence-electron chi connectivity index (χ2n) is 7.15. The number of methoxy groups -OCH3 is 1. The van der Waals surface area contributed by atoms with E-state index in [1.807, 2.05) is 6.92 Å². The number of amides is 1. The van der Waals surface area contributed by atoms with Crippen molar-refractivity contribution in [2.24, 2.45) is 0 Å². The van der Waals surface area contributed by atoms with Crippen LogP contribution < -0.4 is 24.2 Å². The number of benzene rings is 3. The molecular weight excluding hydrogens is 432 g/mol. The Labute approximate surface area is 186 Å². The van der Waals surface area contributed by atoms with E-state index < -0.39 is 10.0 Å². The first kappa shape index (κ1) is 21.5. The molecule has 3 aromatic rings. The van der Waals surface area contributed by atoms with Crippen LogP contribution in [0.4, 0.5) is 11.4 Å². The highest BCUT2D eigenvalue weighted by Crippen LogP contribution is 2.40. The van der Waals surface area contributed by atoms with Crippen molar-refractivity contribution >= 4 is 27.3 Å². The predicted octanol–water partition coefficient (Wildman–Crippen LogP) is 3.83. The molecule has 0 spiro atoms. The smallest absolute Gasteiger partial charge is 0.261 e. The average molecular weight is 455 g/mol. The second kappa shape index (κ2) is 8.80. The van der Waals surface area contributed by atoms with Gasteiger partial charge in [0, 0.05) is 16.9 Å². The summed E-state index contributed by atoms with van der Waals surface area (Å²) in [5.74, 6) is 0.962. The zero-order valence-electron chi connectivity index (χ0n) is 17.5. The number of aryl methyl sites for hydroxylation is 1. The van der Waals surface area contributed by atoms with Gasteiger partial charge in [0.05, 0.1) is 12.0 Å². The highest BCUT2D eigenvalue weighted by molar-refractivity contribution is 7.92. The third kappa shape index (κ3) is 4.62. The average Bonchev–Trinajstić information content (AvgIpc) is 2.79. The van der Waals surface area contributed by atoms with Gasteiger partial charge in [-0.05, 0) is 55.5 Å². The van der Waals surface area contributed by atoms with Gasteiger partial charge in [-0.2, -0.15) is 0 Å². The third-order valence-corrected chi connectivity index (χ3v) is 6.21. The zero-order valence-corrected chi connectivity index (χ0v) is 18.4. The van der Waals surface area contributed by atoms with Crippen molar-refractivity contribution in [2.45, 2.75) is 11.8 Å². The van der Waals surface area contributed by atoms with E-state index in [0.717, 1.165) is 5.56 Å². The van der Waals surface area contributed by atoms with E-state index in [9.17, 15) is 13.2 Å². The third-order valence-electron chi connectivity index (χ3n) is 4.82. The number of hydrogen-bond acceptors (Lipinski definition) is 6. The quantitative estimate of drug-likeness (QED) is 0.587. The van der Waals surface area contributed by atoms with Crippen molar-refractivity contribution < 1.29 is 27.4 Å². The summed E-state index contributed by atoms with van der Waals surface area (Å²) < 4.78 is 44.0. The molecule has 2 N–H and O–H groups in total. The summed E-state index contributed by atoms with van der Waals surface area (Å²) in [5.41, 5.74) is 2.20. The lowest BCUT2D eigenvalue weighted by Crippen LogP contribution is -2.18. The number of hydrogen-bond donors (Lipinski definition) is 2. The van der Waals surface area contributed by atoms with Crippen LogP contribution >= 0.6 is 0 Å². The fourth-order valence-electron chi connectivity index (χ4n) is 3.16. The first-order valence-corrected chi connectivity index (χ1v) is 11.3. The van der Waals surface area contributed by atoms with Crippen LogP contribution in [0.15, 0.2) is 65.6 Å². The summed E-state index contributed by atoms with van der Waals surface area (Å²) in [6, 6.07) is 16.1. The lowest BCUT2D eigenvalue weighted by atomic mass is 10.1. The summed E-state index contributed by atoms with van der Waals surface area (Å²) in [5, 5.41) is 2.78. The molecule has 1 heterocycles. The number of carbonyl (C=O) groups excluding carboxylic acids is 1. The molecule has 0 fully saturated rings. The lowest BCUT2D eigenvalue weighted by Gasteiger charge is -2.21. The SMILES string of the molecule is COc1cc(C(=O)Nc2ccc(NS(=O)(=O)c3ccc(C)cc3)cc2)cc2c1OCCO2. The van der Waals surface area contributed by atoms with Crippen LogP contribution in [0.3, 0.4) is 0 Å². The summed E-state index contributed by atoms with van der Waals surface area (Å²) >= 11 is 0. The molecule has 0 radical (unpaired) electrons. The zero-order chi connectivity index (χ0) is 22.7. The van der Waals surface area contributed by atoms with Crippen LogP contribution in [0, 0.1) is 6.92 Å². The fourth-order valence-corrected chi connectivity index (χ4v) is 4.22. The fraction of sp³-hybridized carbons (Fsp3) is 0.174.